The van der Waals surface area contributed by atoms with Gasteiger partial charge in [-0.15, -0.1) is 12.4 Å². The molecule has 0 unspecified atom stereocenters. The van der Waals surface area contributed by atoms with Gasteiger partial charge in [-0.05, 0) is 32.1 Å². The number of morpholine rings is 1. The quantitative estimate of drug-likeness (QED) is 0.911. The second-order valence-corrected chi connectivity index (χ2v) is 6.06. The van der Waals surface area contributed by atoms with Gasteiger partial charge in [0.15, 0.2) is 5.60 Å². The molecule has 6 heteroatoms. The Bertz CT molecular complexity index is 509. The molecule has 2 heterocycles. The number of halogens is 1. The van der Waals surface area contributed by atoms with Crippen LogP contribution in [0.1, 0.15) is 18.4 Å². The molecule has 1 N–H and O–H groups in total. The van der Waals surface area contributed by atoms with Crippen LogP contribution in [-0.4, -0.2) is 55.8 Å². The van der Waals surface area contributed by atoms with Gasteiger partial charge in [-0.1, -0.05) is 17.7 Å². The number of carbonyl (C=O) groups is 1. The van der Waals surface area contributed by atoms with Crippen molar-refractivity contribution in [3.63, 3.8) is 0 Å². The maximum absolute atomic E-state index is 13.1. The average molecular weight is 341 g/mol. The Hall–Kier alpha value is -1.30. The number of aryl methyl sites for hydroxylation is 1. The Balaban J connectivity index is 0.00000192. The molecule has 0 atom stereocenters. The lowest BCUT2D eigenvalue weighted by Crippen LogP contribution is -2.59. The topological polar surface area (TPSA) is 50.8 Å². The molecule has 2 fully saturated rings. The molecule has 2 saturated heterocycles. The lowest BCUT2D eigenvalue weighted by molar-refractivity contribution is -0.154. The van der Waals surface area contributed by atoms with Gasteiger partial charge in [0.2, 0.25) is 0 Å². The number of nitrogens with one attached hydrogen (secondary N) is 1. The van der Waals surface area contributed by atoms with Gasteiger partial charge in [-0.3, -0.25) is 4.79 Å². The van der Waals surface area contributed by atoms with Crippen LogP contribution in [0.5, 0.6) is 5.75 Å². The number of rotatable bonds is 3. The second kappa shape index (κ2) is 7.99. The number of carbonyl (C=O) groups excluding carboxylic acids is 1. The highest BCUT2D eigenvalue weighted by atomic mass is 35.5. The van der Waals surface area contributed by atoms with Gasteiger partial charge in [-0.2, -0.15) is 0 Å². The summed E-state index contributed by atoms with van der Waals surface area (Å²) in [5, 5.41) is 3.32. The third-order valence-corrected chi connectivity index (χ3v) is 4.43. The van der Waals surface area contributed by atoms with E-state index >= 15 is 0 Å². The first kappa shape index (κ1) is 18.0. The van der Waals surface area contributed by atoms with Crippen molar-refractivity contribution in [2.45, 2.75) is 25.4 Å². The summed E-state index contributed by atoms with van der Waals surface area (Å²) in [6.07, 6.45) is 1.41. The van der Waals surface area contributed by atoms with E-state index < -0.39 is 5.60 Å². The summed E-state index contributed by atoms with van der Waals surface area (Å²) in [6.45, 7) is 6.21. The molecule has 3 rings (SSSR count). The van der Waals surface area contributed by atoms with Crippen LogP contribution in [0.4, 0.5) is 0 Å². The molecule has 128 valence electrons. The first-order valence-corrected chi connectivity index (χ1v) is 8.03. The lowest BCUT2D eigenvalue weighted by Gasteiger charge is -2.41. The normalized spacial score (nSPS) is 20.5. The average Bonchev–Trinajstić information content (AvgIpc) is 2.58. The van der Waals surface area contributed by atoms with Crippen LogP contribution < -0.4 is 10.1 Å². The molecule has 1 amide bonds. The summed E-state index contributed by atoms with van der Waals surface area (Å²) in [5.74, 6) is 0.881. The van der Waals surface area contributed by atoms with Gasteiger partial charge in [-0.25, -0.2) is 0 Å². The molecule has 0 bridgehead atoms. The fraction of sp³-hybridized carbons (Fsp3) is 0.588. The zero-order valence-electron chi connectivity index (χ0n) is 13.5. The number of amides is 1. The van der Waals surface area contributed by atoms with Crippen molar-refractivity contribution >= 4 is 18.3 Å². The number of hydrogen-bond donors (Lipinski definition) is 1. The Morgan fingerprint density at radius 1 is 1.17 bits per heavy atom. The van der Waals surface area contributed by atoms with E-state index in [0.717, 1.165) is 18.8 Å². The van der Waals surface area contributed by atoms with Gasteiger partial charge in [0, 0.05) is 25.9 Å². The Morgan fingerprint density at radius 3 is 2.39 bits per heavy atom. The highest BCUT2D eigenvalue weighted by molar-refractivity contribution is 5.86. The van der Waals surface area contributed by atoms with Crippen molar-refractivity contribution < 1.29 is 14.3 Å². The van der Waals surface area contributed by atoms with Crippen molar-refractivity contribution in [3.8, 4) is 5.75 Å². The van der Waals surface area contributed by atoms with Crippen LogP contribution in [0.25, 0.3) is 0 Å². The molecule has 5 nitrogen and oxygen atoms in total. The van der Waals surface area contributed by atoms with E-state index in [1.165, 1.54) is 5.56 Å². The molecule has 0 radical (unpaired) electrons. The molecule has 1 aromatic carbocycles. The summed E-state index contributed by atoms with van der Waals surface area (Å²) < 4.78 is 11.6. The SMILES string of the molecule is Cc1ccc(OC2(C(=O)N3CCOCC3)CCNCC2)cc1.Cl. The Labute approximate surface area is 143 Å². The molecule has 0 aromatic heterocycles. The maximum Gasteiger partial charge on any atom is 0.267 e. The summed E-state index contributed by atoms with van der Waals surface area (Å²) in [7, 11) is 0. The number of ether oxygens (including phenoxy) is 2. The minimum absolute atomic E-state index is 0. The third-order valence-electron chi connectivity index (χ3n) is 4.43. The number of hydrogen-bond acceptors (Lipinski definition) is 4. The van der Waals surface area contributed by atoms with E-state index in [-0.39, 0.29) is 18.3 Å². The summed E-state index contributed by atoms with van der Waals surface area (Å²) in [4.78, 5) is 15.0. The standard InChI is InChI=1S/C17H24N2O3.ClH/c1-14-2-4-15(5-3-14)22-17(6-8-18-9-7-17)16(20)19-10-12-21-13-11-19;/h2-5,18H,6-13H2,1H3;1H. The van der Waals surface area contributed by atoms with Gasteiger partial charge in [0.25, 0.3) is 5.91 Å². The number of benzene rings is 1. The zero-order chi connectivity index (χ0) is 15.4. The molecule has 0 spiro atoms. The molecule has 2 aliphatic heterocycles. The van der Waals surface area contributed by atoms with Gasteiger partial charge >= 0.3 is 0 Å². The molecule has 23 heavy (non-hydrogen) atoms. The Morgan fingerprint density at radius 2 is 1.78 bits per heavy atom. The third kappa shape index (κ3) is 4.16. The van der Waals surface area contributed by atoms with Gasteiger partial charge in [0.05, 0.1) is 13.2 Å². The Kier molecular flexibility index (Phi) is 6.27. The van der Waals surface area contributed by atoms with Crippen molar-refractivity contribution in [2.75, 3.05) is 39.4 Å². The summed E-state index contributed by atoms with van der Waals surface area (Å²) >= 11 is 0. The monoisotopic (exact) mass is 340 g/mol. The fourth-order valence-corrected chi connectivity index (χ4v) is 3.08. The summed E-state index contributed by atoms with van der Waals surface area (Å²) in [5.41, 5.74) is 0.448. The van der Waals surface area contributed by atoms with E-state index in [1.54, 1.807) is 0 Å². The highest BCUT2D eigenvalue weighted by Crippen LogP contribution is 2.29. The first-order valence-electron chi connectivity index (χ1n) is 8.03. The lowest BCUT2D eigenvalue weighted by atomic mass is 9.90. The second-order valence-electron chi connectivity index (χ2n) is 6.06. The molecular formula is C17H25ClN2O3. The van der Waals surface area contributed by atoms with Crippen LogP contribution >= 0.6 is 12.4 Å². The molecule has 2 aliphatic rings. The fourth-order valence-electron chi connectivity index (χ4n) is 3.08. The van der Waals surface area contributed by atoms with E-state index in [0.29, 0.717) is 39.1 Å². The molecular weight excluding hydrogens is 316 g/mol. The van der Waals surface area contributed by atoms with Crippen LogP contribution in [0.2, 0.25) is 0 Å². The van der Waals surface area contributed by atoms with Gasteiger partial charge < -0.3 is 19.7 Å². The van der Waals surface area contributed by atoms with E-state index in [4.69, 9.17) is 9.47 Å². The minimum Gasteiger partial charge on any atom is -0.477 e. The predicted octanol–water partition coefficient (Wildman–Crippen LogP) is 1.78. The van der Waals surface area contributed by atoms with Crippen LogP contribution in [0.15, 0.2) is 24.3 Å². The van der Waals surface area contributed by atoms with Crippen molar-refractivity contribution in [1.82, 2.24) is 10.2 Å². The van der Waals surface area contributed by atoms with E-state index in [1.807, 2.05) is 36.1 Å². The predicted molar refractivity (Wildman–Crippen MR) is 91.3 cm³/mol. The minimum atomic E-state index is -0.738. The van der Waals surface area contributed by atoms with Crippen molar-refractivity contribution in [3.05, 3.63) is 29.8 Å². The maximum atomic E-state index is 13.1. The van der Waals surface area contributed by atoms with Crippen LogP contribution in [-0.2, 0) is 9.53 Å². The molecule has 1 aromatic rings. The van der Waals surface area contributed by atoms with Crippen LogP contribution in [0, 0.1) is 6.92 Å². The zero-order valence-corrected chi connectivity index (χ0v) is 14.4. The van der Waals surface area contributed by atoms with Crippen LogP contribution in [0.3, 0.4) is 0 Å². The van der Waals surface area contributed by atoms with Gasteiger partial charge in [0.1, 0.15) is 5.75 Å². The van der Waals surface area contributed by atoms with Crippen molar-refractivity contribution in [1.29, 1.82) is 0 Å². The van der Waals surface area contributed by atoms with E-state index in [2.05, 4.69) is 5.32 Å². The summed E-state index contributed by atoms with van der Waals surface area (Å²) in [6, 6.07) is 7.93. The largest absolute Gasteiger partial charge is 0.477 e. The first-order chi connectivity index (χ1) is 10.7. The van der Waals surface area contributed by atoms with Crippen molar-refractivity contribution in [2.24, 2.45) is 0 Å². The molecule has 0 aliphatic carbocycles. The molecule has 0 saturated carbocycles. The number of piperidine rings is 1. The highest BCUT2D eigenvalue weighted by Gasteiger charge is 2.44. The number of nitrogens with zero attached hydrogens (tertiary/aromatic N) is 1. The smallest absolute Gasteiger partial charge is 0.267 e. The van der Waals surface area contributed by atoms with E-state index in [9.17, 15) is 4.79 Å².